The molecular weight excluding hydrogens is 450 g/mol. The molecule has 0 aromatic heterocycles. The highest BCUT2D eigenvalue weighted by molar-refractivity contribution is 9.11. The third kappa shape index (κ3) is 3.36. The van der Waals surface area contributed by atoms with E-state index < -0.39 is 15.6 Å². The van der Waals surface area contributed by atoms with Gasteiger partial charge in [0.1, 0.15) is 0 Å². The standard InChI is InChI=1S/C11H14Br3NO2S/c1-11(2,7-12)15(3)18(16,17)10-6-8(13)4-5-9(10)14/h4-6H,7H2,1-3H3. The number of benzene rings is 1. The largest absolute Gasteiger partial charge is 0.244 e. The van der Waals surface area contributed by atoms with Gasteiger partial charge in [-0.1, -0.05) is 31.9 Å². The first-order chi connectivity index (χ1) is 8.13. The lowest BCUT2D eigenvalue weighted by atomic mass is 10.1. The summed E-state index contributed by atoms with van der Waals surface area (Å²) in [4.78, 5) is 0.258. The van der Waals surface area contributed by atoms with Crippen molar-refractivity contribution in [2.24, 2.45) is 0 Å². The number of alkyl halides is 1. The number of halogens is 3. The van der Waals surface area contributed by atoms with E-state index in [1.165, 1.54) is 4.31 Å². The molecule has 1 aromatic rings. The van der Waals surface area contributed by atoms with E-state index >= 15 is 0 Å². The maximum Gasteiger partial charge on any atom is 0.244 e. The second kappa shape index (κ2) is 5.91. The monoisotopic (exact) mass is 461 g/mol. The molecule has 0 bridgehead atoms. The molecule has 0 amide bonds. The quantitative estimate of drug-likeness (QED) is 0.633. The summed E-state index contributed by atoms with van der Waals surface area (Å²) < 4.78 is 27.8. The van der Waals surface area contributed by atoms with E-state index in [0.29, 0.717) is 9.80 Å². The molecule has 0 N–H and O–H groups in total. The van der Waals surface area contributed by atoms with Gasteiger partial charge in [-0.05, 0) is 48.0 Å². The minimum atomic E-state index is -3.54. The second-order valence-corrected chi connectivity index (χ2v) is 8.76. The van der Waals surface area contributed by atoms with E-state index in [9.17, 15) is 8.42 Å². The minimum absolute atomic E-state index is 0.258. The van der Waals surface area contributed by atoms with Crippen LogP contribution in [-0.4, -0.2) is 30.6 Å². The topological polar surface area (TPSA) is 37.4 Å². The molecule has 0 saturated heterocycles. The zero-order chi connectivity index (χ0) is 14.1. The fourth-order valence-corrected chi connectivity index (χ4v) is 4.75. The Morgan fingerprint density at radius 3 is 2.33 bits per heavy atom. The molecule has 0 radical (unpaired) electrons. The summed E-state index contributed by atoms with van der Waals surface area (Å²) in [5.74, 6) is 0. The Morgan fingerprint density at radius 1 is 1.28 bits per heavy atom. The third-order valence-electron chi connectivity index (χ3n) is 2.71. The Kier molecular flexibility index (Phi) is 5.46. The maximum absolute atomic E-state index is 12.6. The SMILES string of the molecule is CN(C(C)(C)CBr)S(=O)(=O)c1cc(Br)ccc1Br. The van der Waals surface area contributed by atoms with Crippen molar-refractivity contribution in [2.45, 2.75) is 24.3 Å². The van der Waals surface area contributed by atoms with E-state index in [1.54, 1.807) is 25.2 Å². The van der Waals surface area contributed by atoms with Crippen LogP contribution >= 0.6 is 47.8 Å². The van der Waals surface area contributed by atoms with Crippen molar-refractivity contribution >= 4 is 57.8 Å². The number of sulfonamides is 1. The van der Waals surface area contributed by atoms with Gasteiger partial charge in [-0.3, -0.25) is 0 Å². The number of rotatable bonds is 4. The van der Waals surface area contributed by atoms with Gasteiger partial charge < -0.3 is 0 Å². The lowest BCUT2D eigenvalue weighted by Gasteiger charge is -2.33. The second-order valence-electron chi connectivity index (χ2n) is 4.49. The molecule has 0 aliphatic heterocycles. The van der Waals surface area contributed by atoms with Gasteiger partial charge >= 0.3 is 0 Å². The lowest BCUT2D eigenvalue weighted by Crippen LogP contribution is -2.46. The van der Waals surface area contributed by atoms with Crippen LogP contribution in [-0.2, 0) is 10.0 Å². The summed E-state index contributed by atoms with van der Waals surface area (Å²) in [6, 6.07) is 5.10. The van der Waals surface area contributed by atoms with E-state index in [1.807, 2.05) is 13.8 Å². The molecule has 0 aliphatic rings. The van der Waals surface area contributed by atoms with Gasteiger partial charge in [0.05, 0.1) is 4.90 Å². The van der Waals surface area contributed by atoms with Crippen LogP contribution in [0, 0.1) is 0 Å². The molecule has 0 atom stereocenters. The van der Waals surface area contributed by atoms with Crippen LogP contribution in [0.1, 0.15) is 13.8 Å². The highest BCUT2D eigenvalue weighted by Crippen LogP contribution is 2.31. The molecule has 3 nitrogen and oxygen atoms in total. The fraction of sp³-hybridized carbons (Fsp3) is 0.455. The average molecular weight is 464 g/mol. The first-order valence-corrected chi connectivity index (χ1v) is 9.28. The normalized spacial score (nSPS) is 13.1. The summed E-state index contributed by atoms with van der Waals surface area (Å²) in [6.07, 6.45) is 0. The molecule has 102 valence electrons. The Balaban J connectivity index is 3.34. The summed E-state index contributed by atoms with van der Waals surface area (Å²) in [5.41, 5.74) is -0.499. The van der Waals surface area contributed by atoms with Gasteiger partial charge in [-0.25, -0.2) is 8.42 Å². The smallest absolute Gasteiger partial charge is 0.207 e. The lowest BCUT2D eigenvalue weighted by molar-refractivity contribution is 0.299. The molecule has 0 fully saturated rings. The van der Waals surface area contributed by atoms with Crippen molar-refractivity contribution in [3.8, 4) is 0 Å². The van der Waals surface area contributed by atoms with Crippen molar-refractivity contribution in [1.82, 2.24) is 4.31 Å². The molecule has 0 heterocycles. The highest BCUT2D eigenvalue weighted by atomic mass is 79.9. The van der Waals surface area contributed by atoms with Gasteiger partial charge in [0, 0.05) is 26.9 Å². The molecule has 18 heavy (non-hydrogen) atoms. The van der Waals surface area contributed by atoms with Gasteiger partial charge in [0.15, 0.2) is 0 Å². The van der Waals surface area contributed by atoms with E-state index in [2.05, 4.69) is 47.8 Å². The molecule has 0 aliphatic carbocycles. The van der Waals surface area contributed by atoms with Crippen molar-refractivity contribution in [2.75, 3.05) is 12.4 Å². The van der Waals surface area contributed by atoms with Crippen LogP contribution in [0.5, 0.6) is 0 Å². The molecule has 1 rings (SSSR count). The maximum atomic E-state index is 12.6. The molecule has 0 unspecified atom stereocenters. The van der Waals surface area contributed by atoms with Crippen molar-refractivity contribution in [3.05, 3.63) is 27.1 Å². The predicted octanol–water partition coefficient (Wildman–Crippen LogP) is 4.01. The zero-order valence-electron chi connectivity index (χ0n) is 10.2. The molecule has 7 heteroatoms. The molecule has 0 saturated carbocycles. The van der Waals surface area contributed by atoms with Crippen LogP contribution in [0.25, 0.3) is 0 Å². The van der Waals surface area contributed by atoms with Gasteiger partial charge in [-0.2, -0.15) is 4.31 Å². The Morgan fingerprint density at radius 2 is 1.83 bits per heavy atom. The number of hydrogen-bond donors (Lipinski definition) is 0. The van der Waals surface area contributed by atoms with Crippen molar-refractivity contribution < 1.29 is 8.42 Å². The molecular formula is C11H14Br3NO2S. The highest BCUT2D eigenvalue weighted by Gasteiger charge is 2.34. The van der Waals surface area contributed by atoms with Crippen LogP contribution in [0.4, 0.5) is 0 Å². The van der Waals surface area contributed by atoms with Crippen molar-refractivity contribution in [3.63, 3.8) is 0 Å². The number of hydrogen-bond acceptors (Lipinski definition) is 2. The zero-order valence-corrected chi connectivity index (χ0v) is 15.8. The average Bonchev–Trinajstić information content (AvgIpc) is 2.31. The first-order valence-electron chi connectivity index (χ1n) is 5.13. The summed E-state index contributed by atoms with van der Waals surface area (Å²) in [7, 11) is -1.95. The summed E-state index contributed by atoms with van der Waals surface area (Å²) in [5, 5.41) is 0.557. The van der Waals surface area contributed by atoms with Crippen LogP contribution in [0.3, 0.4) is 0 Å². The Labute approximate surface area is 133 Å². The van der Waals surface area contributed by atoms with Crippen LogP contribution < -0.4 is 0 Å². The van der Waals surface area contributed by atoms with Gasteiger partial charge in [0.2, 0.25) is 10.0 Å². The first kappa shape index (κ1) is 16.6. The number of nitrogens with zero attached hydrogens (tertiary/aromatic N) is 1. The third-order valence-corrected chi connectivity index (χ3v) is 7.64. The van der Waals surface area contributed by atoms with Crippen LogP contribution in [0.2, 0.25) is 0 Å². The molecule has 0 spiro atoms. The predicted molar refractivity (Wildman–Crippen MR) is 84.7 cm³/mol. The van der Waals surface area contributed by atoms with Gasteiger partial charge in [0.25, 0.3) is 0 Å². The minimum Gasteiger partial charge on any atom is -0.207 e. The molecule has 1 aromatic carbocycles. The van der Waals surface area contributed by atoms with Crippen LogP contribution in [0.15, 0.2) is 32.0 Å². The van der Waals surface area contributed by atoms with Crippen molar-refractivity contribution in [1.29, 1.82) is 0 Å². The van der Waals surface area contributed by atoms with E-state index in [0.717, 1.165) is 4.47 Å². The fourth-order valence-electron chi connectivity index (χ4n) is 1.23. The van der Waals surface area contributed by atoms with E-state index in [4.69, 9.17) is 0 Å². The Bertz CT molecular complexity index is 543. The summed E-state index contributed by atoms with van der Waals surface area (Å²) >= 11 is 9.92. The Hall–Kier alpha value is 0.570. The van der Waals surface area contributed by atoms with E-state index in [-0.39, 0.29) is 4.90 Å². The van der Waals surface area contributed by atoms with Gasteiger partial charge in [-0.15, -0.1) is 0 Å². The summed E-state index contributed by atoms with van der Waals surface area (Å²) in [6.45, 7) is 3.73.